The first-order chi connectivity index (χ1) is 8.63. The van der Waals surface area contributed by atoms with Crippen molar-refractivity contribution in [3.63, 3.8) is 0 Å². The van der Waals surface area contributed by atoms with Crippen LogP contribution in [0.1, 0.15) is 23.0 Å². The Hall–Kier alpha value is -2.23. The third-order valence-electron chi connectivity index (χ3n) is 2.75. The van der Waals surface area contributed by atoms with Gasteiger partial charge >= 0.3 is 5.97 Å². The lowest BCUT2D eigenvalue weighted by molar-refractivity contribution is 0.0527. The van der Waals surface area contributed by atoms with Gasteiger partial charge in [0.1, 0.15) is 0 Å². The molecule has 4 nitrogen and oxygen atoms in total. The first-order valence-electron chi connectivity index (χ1n) is 5.84. The fourth-order valence-corrected chi connectivity index (χ4v) is 1.96. The zero-order valence-electron chi connectivity index (χ0n) is 10.5. The third kappa shape index (κ3) is 2.22. The maximum absolute atomic E-state index is 11.9. The van der Waals surface area contributed by atoms with Gasteiger partial charge in [0.25, 0.3) is 0 Å². The van der Waals surface area contributed by atoms with Crippen molar-refractivity contribution < 1.29 is 9.53 Å². The van der Waals surface area contributed by atoms with E-state index < -0.39 is 0 Å². The smallest absolute Gasteiger partial charge is 0.340 e. The Kier molecular flexibility index (Phi) is 3.37. The highest BCUT2D eigenvalue weighted by Crippen LogP contribution is 2.29. The minimum Gasteiger partial charge on any atom is -0.462 e. The van der Waals surface area contributed by atoms with Gasteiger partial charge in [-0.1, -0.05) is 12.1 Å². The van der Waals surface area contributed by atoms with Gasteiger partial charge in [-0.2, -0.15) is 0 Å². The van der Waals surface area contributed by atoms with Crippen molar-refractivity contribution in [1.29, 1.82) is 0 Å². The highest BCUT2D eigenvalue weighted by molar-refractivity contribution is 5.98. The Bertz CT molecular complexity index is 573. The largest absolute Gasteiger partial charge is 0.462 e. The first kappa shape index (κ1) is 12.2. The summed E-state index contributed by atoms with van der Waals surface area (Å²) >= 11 is 0. The van der Waals surface area contributed by atoms with Crippen molar-refractivity contribution >= 4 is 11.7 Å². The van der Waals surface area contributed by atoms with Crippen LogP contribution in [-0.4, -0.2) is 17.6 Å². The number of carbonyl (C=O) groups is 1. The quantitative estimate of drug-likeness (QED) is 0.644. The van der Waals surface area contributed by atoms with Gasteiger partial charge in [0.15, 0.2) is 0 Å². The molecule has 0 radical (unpaired) electrons. The molecule has 1 heterocycles. The van der Waals surface area contributed by atoms with Crippen molar-refractivity contribution in [2.24, 2.45) is 0 Å². The zero-order chi connectivity index (χ0) is 13.1. The molecule has 0 bridgehead atoms. The van der Waals surface area contributed by atoms with Gasteiger partial charge in [0.2, 0.25) is 0 Å². The molecule has 3 N–H and O–H groups in total. The van der Waals surface area contributed by atoms with Gasteiger partial charge in [0, 0.05) is 23.1 Å². The number of hydrogen-bond donors (Lipinski definition) is 2. The standard InChI is InChI=1S/C14H16N2O2/c1-3-18-14(17)12-8-16-9(2)13(12)10-5-4-6-11(15)7-10/h4-8,16H,3,15H2,1-2H3. The highest BCUT2D eigenvalue weighted by atomic mass is 16.5. The molecule has 0 saturated carbocycles. The maximum Gasteiger partial charge on any atom is 0.340 e. The van der Waals surface area contributed by atoms with Crippen molar-refractivity contribution in [1.82, 2.24) is 4.98 Å². The van der Waals surface area contributed by atoms with E-state index in [9.17, 15) is 4.79 Å². The average molecular weight is 244 g/mol. The zero-order valence-corrected chi connectivity index (χ0v) is 10.5. The second kappa shape index (κ2) is 4.96. The van der Waals surface area contributed by atoms with Crippen LogP contribution in [-0.2, 0) is 4.74 Å². The van der Waals surface area contributed by atoms with Gasteiger partial charge < -0.3 is 15.5 Å². The fraction of sp³-hybridized carbons (Fsp3) is 0.214. The summed E-state index contributed by atoms with van der Waals surface area (Å²) in [6.07, 6.45) is 1.67. The van der Waals surface area contributed by atoms with E-state index in [0.717, 1.165) is 16.8 Å². The number of hydrogen-bond acceptors (Lipinski definition) is 3. The number of anilines is 1. The number of rotatable bonds is 3. The number of ether oxygens (including phenoxy) is 1. The summed E-state index contributed by atoms with van der Waals surface area (Å²) in [5.74, 6) is -0.320. The summed E-state index contributed by atoms with van der Waals surface area (Å²) in [5, 5.41) is 0. The summed E-state index contributed by atoms with van der Waals surface area (Å²) in [4.78, 5) is 14.9. The molecule has 1 aromatic heterocycles. The topological polar surface area (TPSA) is 68.1 Å². The molecule has 4 heteroatoms. The molecular formula is C14H16N2O2. The predicted molar refractivity (Wildman–Crippen MR) is 71.3 cm³/mol. The van der Waals surface area contributed by atoms with Crippen LogP contribution in [0.15, 0.2) is 30.5 Å². The Morgan fingerprint density at radius 2 is 2.22 bits per heavy atom. The molecule has 0 spiro atoms. The molecule has 0 saturated heterocycles. The van der Waals surface area contributed by atoms with E-state index in [0.29, 0.717) is 17.9 Å². The third-order valence-corrected chi connectivity index (χ3v) is 2.75. The van der Waals surface area contributed by atoms with E-state index in [1.54, 1.807) is 13.1 Å². The number of aromatic amines is 1. The number of H-pyrrole nitrogens is 1. The van der Waals surface area contributed by atoms with Crippen LogP contribution in [0.25, 0.3) is 11.1 Å². The first-order valence-corrected chi connectivity index (χ1v) is 5.84. The van der Waals surface area contributed by atoms with E-state index in [-0.39, 0.29) is 5.97 Å². The average Bonchev–Trinajstić information content (AvgIpc) is 2.71. The molecule has 0 amide bonds. The summed E-state index contributed by atoms with van der Waals surface area (Å²) < 4.78 is 5.04. The second-order valence-corrected chi connectivity index (χ2v) is 4.05. The van der Waals surface area contributed by atoms with Gasteiger partial charge in [-0.3, -0.25) is 0 Å². The number of benzene rings is 1. The van der Waals surface area contributed by atoms with Crippen LogP contribution in [0.3, 0.4) is 0 Å². The van der Waals surface area contributed by atoms with Crippen LogP contribution < -0.4 is 5.73 Å². The number of aromatic nitrogens is 1. The molecule has 0 aliphatic heterocycles. The van der Waals surface area contributed by atoms with Crippen molar-refractivity contribution in [2.75, 3.05) is 12.3 Å². The minimum atomic E-state index is -0.320. The molecule has 2 aromatic rings. The number of aryl methyl sites for hydroxylation is 1. The molecule has 0 aliphatic rings. The molecule has 1 aromatic carbocycles. The molecule has 18 heavy (non-hydrogen) atoms. The molecule has 0 atom stereocenters. The van der Waals surface area contributed by atoms with E-state index in [1.807, 2.05) is 31.2 Å². The van der Waals surface area contributed by atoms with Crippen molar-refractivity contribution in [3.8, 4) is 11.1 Å². The van der Waals surface area contributed by atoms with Crippen LogP contribution >= 0.6 is 0 Å². The monoisotopic (exact) mass is 244 g/mol. The molecule has 0 unspecified atom stereocenters. The molecule has 0 fully saturated rings. The lowest BCUT2D eigenvalue weighted by Gasteiger charge is -2.06. The summed E-state index contributed by atoms with van der Waals surface area (Å²) in [5.41, 5.74) is 9.67. The van der Waals surface area contributed by atoms with Gasteiger partial charge in [-0.25, -0.2) is 4.79 Å². The highest BCUT2D eigenvalue weighted by Gasteiger charge is 2.17. The van der Waals surface area contributed by atoms with Crippen molar-refractivity contribution in [2.45, 2.75) is 13.8 Å². The van der Waals surface area contributed by atoms with Crippen LogP contribution in [0.2, 0.25) is 0 Å². The van der Waals surface area contributed by atoms with E-state index in [2.05, 4.69) is 4.98 Å². The van der Waals surface area contributed by atoms with Gasteiger partial charge in [-0.05, 0) is 31.5 Å². The molecular weight excluding hydrogens is 228 g/mol. The van der Waals surface area contributed by atoms with Crippen LogP contribution in [0, 0.1) is 6.92 Å². The predicted octanol–water partition coefficient (Wildman–Crippen LogP) is 2.75. The maximum atomic E-state index is 11.9. The Labute approximate surface area is 106 Å². The number of nitrogens with one attached hydrogen (secondary N) is 1. The Balaban J connectivity index is 2.50. The Morgan fingerprint density at radius 3 is 2.89 bits per heavy atom. The molecule has 2 rings (SSSR count). The van der Waals surface area contributed by atoms with Crippen LogP contribution in [0.4, 0.5) is 5.69 Å². The molecule has 94 valence electrons. The van der Waals surface area contributed by atoms with E-state index in [1.165, 1.54) is 0 Å². The summed E-state index contributed by atoms with van der Waals surface area (Å²) in [6.45, 7) is 4.07. The second-order valence-electron chi connectivity index (χ2n) is 4.05. The summed E-state index contributed by atoms with van der Waals surface area (Å²) in [7, 11) is 0. The lowest BCUT2D eigenvalue weighted by Crippen LogP contribution is -2.05. The number of carbonyl (C=O) groups excluding carboxylic acids is 1. The van der Waals surface area contributed by atoms with Crippen molar-refractivity contribution in [3.05, 3.63) is 41.7 Å². The van der Waals surface area contributed by atoms with E-state index >= 15 is 0 Å². The lowest BCUT2D eigenvalue weighted by atomic mass is 10.0. The SMILES string of the molecule is CCOC(=O)c1c[nH]c(C)c1-c1cccc(N)c1. The Morgan fingerprint density at radius 1 is 1.44 bits per heavy atom. The van der Waals surface area contributed by atoms with E-state index in [4.69, 9.17) is 10.5 Å². The number of esters is 1. The number of nitrogens with two attached hydrogens (primary N) is 1. The number of nitrogen functional groups attached to an aromatic ring is 1. The normalized spacial score (nSPS) is 10.3. The molecule has 0 aliphatic carbocycles. The summed E-state index contributed by atoms with van der Waals surface area (Å²) in [6, 6.07) is 7.45. The fourth-order valence-electron chi connectivity index (χ4n) is 1.96. The van der Waals surface area contributed by atoms with Gasteiger partial charge in [-0.15, -0.1) is 0 Å². The minimum absolute atomic E-state index is 0.320. The van der Waals surface area contributed by atoms with Gasteiger partial charge in [0.05, 0.1) is 12.2 Å². The van der Waals surface area contributed by atoms with Crippen LogP contribution in [0.5, 0.6) is 0 Å².